The molecule has 0 radical (unpaired) electrons. The van der Waals surface area contributed by atoms with E-state index in [2.05, 4.69) is 0 Å². The summed E-state index contributed by atoms with van der Waals surface area (Å²) in [5.74, 6) is 0.128. The summed E-state index contributed by atoms with van der Waals surface area (Å²) in [6, 6.07) is 0. The van der Waals surface area contributed by atoms with Crippen molar-refractivity contribution in [3.63, 3.8) is 0 Å². The maximum Gasteiger partial charge on any atom is 0.130 e. The Balaban J connectivity index is 2.26. The van der Waals surface area contributed by atoms with E-state index in [4.69, 9.17) is 23.2 Å². The minimum absolute atomic E-state index is 0.00945. The zero-order chi connectivity index (χ0) is 7.57. The molecule has 0 aromatic rings. The number of rotatable bonds is 0. The van der Waals surface area contributed by atoms with Crippen molar-refractivity contribution in [2.75, 3.05) is 0 Å². The average molecular weight is 181 g/mol. The largest absolute Gasteiger partial charge is 0.393 e. The van der Waals surface area contributed by atoms with Crippen LogP contribution in [0.5, 0.6) is 0 Å². The monoisotopic (exact) mass is 180 g/mol. The van der Waals surface area contributed by atoms with Gasteiger partial charge in [-0.25, -0.2) is 0 Å². The van der Waals surface area contributed by atoms with Crippen LogP contribution >= 0.6 is 23.2 Å². The Labute approximate surface area is 70.3 Å². The highest BCUT2D eigenvalue weighted by atomic mass is 35.5. The highest BCUT2D eigenvalue weighted by molar-refractivity contribution is 6.52. The molecule has 0 aromatic carbocycles. The van der Waals surface area contributed by atoms with Gasteiger partial charge in [0.2, 0.25) is 0 Å². The van der Waals surface area contributed by atoms with E-state index in [-0.39, 0.29) is 17.4 Å². The molecule has 0 unspecified atom stereocenters. The Kier molecular flexibility index (Phi) is 1.19. The Morgan fingerprint density at radius 3 is 2.30 bits per heavy atom. The molecule has 2 aliphatic carbocycles. The van der Waals surface area contributed by atoms with Crippen LogP contribution in [-0.2, 0) is 0 Å². The SMILES string of the molecule is C[C@]12CC[C@H](O)[C@@H]1C2(Cl)Cl. The van der Waals surface area contributed by atoms with Gasteiger partial charge in [0.1, 0.15) is 4.33 Å². The van der Waals surface area contributed by atoms with Crippen molar-refractivity contribution >= 4 is 23.2 Å². The number of hydrogen-bond donors (Lipinski definition) is 1. The molecule has 0 saturated heterocycles. The molecule has 3 atom stereocenters. The third-order valence-corrected chi connectivity index (χ3v) is 4.43. The fourth-order valence-electron chi connectivity index (χ4n) is 2.22. The van der Waals surface area contributed by atoms with Crippen molar-refractivity contribution in [2.24, 2.45) is 11.3 Å². The van der Waals surface area contributed by atoms with Crippen molar-refractivity contribution in [3.8, 4) is 0 Å². The van der Waals surface area contributed by atoms with Gasteiger partial charge in [-0.15, -0.1) is 23.2 Å². The van der Waals surface area contributed by atoms with Crippen molar-refractivity contribution < 1.29 is 5.11 Å². The van der Waals surface area contributed by atoms with Gasteiger partial charge in [0, 0.05) is 11.3 Å². The highest BCUT2D eigenvalue weighted by Crippen LogP contribution is 2.76. The fourth-order valence-corrected chi connectivity index (χ4v) is 3.31. The molecule has 0 amide bonds. The van der Waals surface area contributed by atoms with Crippen molar-refractivity contribution in [2.45, 2.75) is 30.2 Å². The van der Waals surface area contributed by atoms with E-state index in [0.717, 1.165) is 12.8 Å². The van der Waals surface area contributed by atoms with Crippen molar-refractivity contribution in [1.29, 1.82) is 0 Å². The van der Waals surface area contributed by atoms with E-state index in [1.807, 2.05) is 6.92 Å². The third kappa shape index (κ3) is 0.556. The lowest BCUT2D eigenvalue weighted by Gasteiger charge is -2.10. The van der Waals surface area contributed by atoms with Crippen LogP contribution in [0.4, 0.5) is 0 Å². The Morgan fingerprint density at radius 2 is 2.10 bits per heavy atom. The second kappa shape index (κ2) is 1.65. The van der Waals surface area contributed by atoms with Crippen molar-refractivity contribution in [3.05, 3.63) is 0 Å². The molecule has 0 aliphatic heterocycles. The zero-order valence-electron chi connectivity index (χ0n) is 5.77. The van der Waals surface area contributed by atoms with Gasteiger partial charge in [-0.3, -0.25) is 0 Å². The summed E-state index contributed by atoms with van der Waals surface area (Å²) in [4.78, 5) is 0. The van der Waals surface area contributed by atoms with Crippen LogP contribution in [0.15, 0.2) is 0 Å². The normalized spacial score (nSPS) is 56.4. The summed E-state index contributed by atoms with van der Waals surface area (Å²) in [7, 11) is 0. The first-order valence-electron chi connectivity index (χ1n) is 3.56. The van der Waals surface area contributed by atoms with Crippen LogP contribution in [-0.4, -0.2) is 15.5 Å². The summed E-state index contributed by atoms with van der Waals surface area (Å²) < 4.78 is -0.634. The van der Waals surface area contributed by atoms with Gasteiger partial charge in [-0.1, -0.05) is 6.92 Å². The zero-order valence-corrected chi connectivity index (χ0v) is 7.28. The maximum absolute atomic E-state index is 9.37. The molecule has 1 N–H and O–H groups in total. The van der Waals surface area contributed by atoms with E-state index in [0.29, 0.717) is 0 Å². The topological polar surface area (TPSA) is 20.2 Å². The van der Waals surface area contributed by atoms with Gasteiger partial charge in [-0.05, 0) is 12.8 Å². The summed E-state index contributed by atoms with van der Waals surface area (Å²) in [6.45, 7) is 2.05. The molecule has 0 bridgehead atoms. The molecule has 2 aliphatic rings. The van der Waals surface area contributed by atoms with E-state index in [1.165, 1.54) is 0 Å². The van der Waals surface area contributed by atoms with Gasteiger partial charge < -0.3 is 5.11 Å². The molecular formula is C7H10Cl2O. The lowest BCUT2D eigenvalue weighted by Crippen LogP contribution is -2.12. The van der Waals surface area contributed by atoms with E-state index < -0.39 is 4.33 Å². The van der Waals surface area contributed by atoms with Gasteiger partial charge in [0.05, 0.1) is 6.10 Å². The molecule has 0 spiro atoms. The smallest absolute Gasteiger partial charge is 0.130 e. The first-order chi connectivity index (χ1) is 4.50. The molecule has 0 aromatic heterocycles. The van der Waals surface area contributed by atoms with E-state index in [9.17, 15) is 5.11 Å². The van der Waals surface area contributed by atoms with Crippen LogP contribution in [0.1, 0.15) is 19.8 Å². The van der Waals surface area contributed by atoms with E-state index >= 15 is 0 Å². The molecule has 2 fully saturated rings. The fraction of sp³-hybridized carbons (Fsp3) is 1.00. The second-order valence-corrected chi connectivity index (χ2v) is 5.01. The van der Waals surface area contributed by atoms with Crippen LogP contribution in [0, 0.1) is 11.3 Å². The van der Waals surface area contributed by atoms with Gasteiger partial charge in [-0.2, -0.15) is 0 Å². The maximum atomic E-state index is 9.37. The standard InChI is InChI=1S/C7H10Cl2O/c1-6-3-2-4(10)5(6)7(6,8)9/h4-5,10H,2-3H2,1H3/t4-,5-,6-/m0/s1. The summed E-state index contributed by atoms with van der Waals surface area (Å²) >= 11 is 11.9. The number of alkyl halides is 2. The van der Waals surface area contributed by atoms with Gasteiger partial charge in [0.25, 0.3) is 0 Å². The van der Waals surface area contributed by atoms with E-state index in [1.54, 1.807) is 0 Å². The Morgan fingerprint density at radius 1 is 1.50 bits per heavy atom. The third-order valence-electron chi connectivity index (χ3n) is 3.10. The van der Waals surface area contributed by atoms with Crippen molar-refractivity contribution in [1.82, 2.24) is 0 Å². The minimum atomic E-state index is -0.634. The lowest BCUT2D eigenvalue weighted by atomic mass is 10.1. The number of hydrogen-bond acceptors (Lipinski definition) is 1. The minimum Gasteiger partial charge on any atom is -0.393 e. The first-order valence-corrected chi connectivity index (χ1v) is 4.31. The number of halogens is 2. The first kappa shape index (κ1) is 7.20. The molecule has 3 heteroatoms. The summed E-state index contributed by atoms with van der Waals surface area (Å²) in [5.41, 5.74) is 0.00945. The predicted octanol–water partition coefficient (Wildman–Crippen LogP) is 1.95. The summed E-state index contributed by atoms with van der Waals surface area (Å²) in [6.07, 6.45) is 1.56. The average Bonchev–Trinajstić information content (AvgIpc) is 2.16. The Hall–Kier alpha value is 0.540. The Bertz CT molecular complexity index is 180. The molecule has 2 rings (SSSR count). The van der Waals surface area contributed by atoms with Crippen LogP contribution in [0.2, 0.25) is 0 Å². The second-order valence-electron chi connectivity index (χ2n) is 3.62. The van der Waals surface area contributed by atoms with Crippen LogP contribution in [0.3, 0.4) is 0 Å². The van der Waals surface area contributed by atoms with Crippen LogP contribution < -0.4 is 0 Å². The van der Waals surface area contributed by atoms with Gasteiger partial charge >= 0.3 is 0 Å². The van der Waals surface area contributed by atoms with Gasteiger partial charge in [0.15, 0.2) is 0 Å². The lowest BCUT2D eigenvalue weighted by molar-refractivity contribution is 0.157. The number of aliphatic hydroxyl groups is 1. The molecule has 10 heavy (non-hydrogen) atoms. The number of fused-ring (bicyclic) bond motifs is 1. The molecule has 58 valence electrons. The highest BCUT2D eigenvalue weighted by Gasteiger charge is 2.77. The molecule has 2 saturated carbocycles. The molecular weight excluding hydrogens is 171 g/mol. The number of aliphatic hydroxyl groups excluding tert-OH is 1. The quantitative estimate of drug-likeness (QED) is 0.566. The molecule has 1 nitrogen and oxygen atoms in total. The van der Waals surface area contributed by atoms with Crippen LogP contribution in [0.25, 0.3) is 0 Å². The predicted molar refractivity (Wildman–Crippen MR) is 41.3 cm³/mol. The molecule has 0 heterocycles. The summed E-state index contributed by atoms with van der Waals surface area (Å²) in [5, 5.41) is 9.37.